The van der Waals surface area contributed by atoms with Crippen LogP contribution in [-0.4, -0.2) is 21.0 Å². The highest BCUT2D eigenvalue weighted by Gasteiger charge is 2.17. The third kappa shape index (κ3) is 2.05. The highest BCUT2D eigenvalue weighted by Crippen LogP contribution is 2.30. The van der Waals surface area contributed by atoms with Crippen LogP contribution in [0, 0.1) is 0 Å². The van der Waals surface area contributed by atoms with Gasteiger partial charge in [-0.15, -0.1) is 0 Å². The molecular formula is C9H5BrN2O2S. The minimum Gasteiger partial charge on any atom is -0.477 e. The third-order valence-corrected chi connectivity index (χ3v) is 3.24. The van der Waals surface area contributed by atoms with E-state index in [-0.39, 0.29) is 4.88 Å². The molecule has 15 heavy (non-hydrogen) atoms. The summed E-state index contributed by atoms with van der Waals surface area (Å²) in [6.45, 7) is 0. The zero-order valence-electron chi connectivity index (χ0n) is 7.35. The maximum atomic E-state index is 10.9. The monoisotopic (exact) mass is 284 g/mol. The number of carbonyl (C=O) groups is 1. The molecule has 2 rings (SSSR count). The minimum absolute atomic E-state index is 0.230. The molecule has 0 aliphatic rings. The number of carboxylic acids is 1. The van der Waals surface area contributed by atoms with Gasteiger partial charge in [0, 0.05) is 18.0 Å². The Hall–Kier alpha value is -1.27. The minimum atomic E-state index is -0.968. The van der Waals surface area contributed by atoms with Crippen molar-refractivity contribution in [1.29, 1.82) is 0 Å². The van der Waals surface area contributed by atoms with Crippen LogP contribution in [0.1, 0.15) is 9.67 Å². The van der Waals surface area contributed by atoms with Crippen molar-refractivity contribution in [2.24, 2.45) is 0 Å². The molecule has 0 aromatic carbocycles. The second-order valence-electron chi connectivity index (χ2n) is 2.69. The van der Waals surface area contributed by atoms with Gasteiger partial charge in [-0.25, -0.2) is 9.78 Å². The molecule has 0 bridgehead atoms. The van der Waals surface area contributed by atoms with Gasteiger partial charge in [0.15, 0.2) is 3.92 Å². The van der Waals surface area contributed by atoms with Crippen LogP contribution in [0.25, 0.3) is 11.3 Å². The molecule has 2 aromatic rings. The summed E-state index contributed by atoms with van der Waals surface area (Å²) in [5.41, 5.74) is 1.23. The molecule has 0 saturated heterocycles. The quantitative estimate of drug-likeness (QED) is 0.921. The Morgan fingerprint density at radius 2 is 2.07 bits per heavy atom. The smallest absolute Gasteiger partial charge is 0.348 e. The Balaban J connectivity index is 2.58. The first kappa shape index (κ1) is 10.3. The third-order valence-electron chi connectivity index (χ3n) is 1.75. The summed E-state index contributed by atoms with van der Waals surface area (Å²) >= 11 is 4.28. The fourth-order valence-electron chi connectivity index (χ4n) is 1.14. The molecule has 0 saturated carbocycles. The molecule has 0 spiro atoms. The molecule has 6 heteroatoms. The Labute approximate surface area is 97.8 Å². The van der Waals surface area contributed by atoms with Crippen LogP contribution in [0.5, 0.6) is 0 Å². The van der Waals surface area contributed by atoms with E-state index >= 15 is 0 Å². The molecule has 0 amide bonds. The number of rotatable bonds is 2. The first-order chi connectivity index (χ1) is 7.18. The summed E-state index contributed by atoms with van der Waals surface area (Å²) in [6.07, 6.45) is 3.21. The second kappa shape index (κ2) is 4.08. The van der Waals surface area contributed by atoms with E-state index in [2.05, 4.69) is 25.9 Å². The number of carboxylic acid groups (broad SMARTS) is 1. The zero-order valence-corrected chi connectivity index (χ0v) is 9.75. The van der Waals surface area contributed by atoms with Crippen molar-refractivity contribution in [2.45, 2.75) is 0 Å². The normalized spacial score (nSPS) is 10.2. The molecule has 0 radical (unpaired) electrons. The van der Waals surface area contributed by atoms with Crippen LogP contribution in [-0.2, 0) is 0 Å². The van der Waals surface area contributed by atoms with Crippen LogP contribution in [0.4, 0.5) is 0 Å². The topological polar surface area (TPSA) is 63.1 Å². The lowest BCUT2D eigenvalue weighted by Gasteiger charge is -1.96. The summed E-state index contributed by atoms with van der Waals surface area (Å²) in [5, 5.41) is 8.97. The van der Waals surface area contributed by atoms with Crippen LogP contribution in [0.2, 0.25) is 0 Å². The van der Waals surface area contributed by atoms with Crippen LogP contribution in [0.3, 0.4) is 0 Å². The van der Waals surface area contributed by atoms with Gasteiger partial charge in [-0.3, -0.25) is 4.98 Å². The van der Waals surface area contributed by atoms with E-state index in [0.29, 0.717) is 9.61 Å². The lowest BCUT2D eigenvalue weighted by molar-refractivity contribution is 0.0702. The van der Waals surface area contributed by atoms with Gasteiger partial charge in [0.25, 0.3) is 0 Å². The molecule has 0 atom stereocenters. The van der Waals surface area contributed by atoms with Crippen molar-refractivity contribution < 1.29 is 9.90 Å². The first-order valence-corrected chi connectivity index (χ1v) is 5.59. The van der Waals surface area contributed by atoms with Gasteiger partial charge >= 0.3 is 5.97 Å². The van der Waals surface area contributed by atoms with Crippen molar-refractivity contribution in [3.63, 3.8) is 0 Å². The molecule has 0 unspecified atom stereocenters. The van der Waals surface area contributed by atoms with Crippen LogP contribution >= 0.6 is 27.3 Å². The predicted octanol–water partition coefficient (Wildman–Crippen LogP) is 2.67. The largest absolute Gasteiger partial charge is 0.477 e. The summed E-state index contributed by atoms with van der Waals surface area (Å²) in [5.74, 6) is -0.968. The lowest BCUT2D eigenvalue weighted by atomic mass is 10.2. The number of aromatic nitrogens is 2. The molecule has 4 nitrogen and oxygen atoms in total. The van der Waals surface area contributed by atoms with Gasteiger partial charge < -0.3 is 5.11 Å². The van der Waals surface area contributed by atoms with Crippen molar-refractivity contribution in [3.05, 3.63) is 33.3 Å². The number of thiazole rings is 1. The summed E-state index contributed by atoms with van der Waals surface area (Å²) in [7, 11) is 0. The van der Waals surface area contributed by atoms with E-state index in [1.54, 1.807) is 24.5 Å². The van der Waals surface area contributed by atoms with E-state index in [9.17, 15) is 4.79 Å². The summed E-state index contributed by atoms with van der Waals surface area (Å²) in [4.78, 5) is 19.2. The standard InChI is InChI=1S/C9H5BrN2O2S/c10-9-12-6(7(15-9)8(13)14)5-1-3-11-4-2-5/h1-4H,(H,13,14). The van der Waals surface area contributed by atoms with Gasteiger partial charge in [0.2, 0.25) is 0 Å². The predicted molar refractivity (Wildman–Crippen MR) is 60.0 cm³/mol. The van der Waals surface area contributed by atoms with Crippen molar-refractivity contribution in [1.82, 2.24) is 9.97 Å². The van der Waals surface area contributed by atoms with Gasteiger partial charge in [-0.05, 0) is 28.1 Å². The van der Waals surface area contributed by atoms with Crippen molar-refractivity contribution in [3.8, 4) is 11.3 Å². The molecule has 2 heterocycles. The zero-order chi connectivity index (χ0) is 10.8. The number of hydrogen-bond donors (Lipinski definition) is 1. The van der Waals surface area contributed by atoms with Crippen LogP contribution in [0.15, 0.2) is 28.4 Å². The average Bonchev–Trinajstić information content (AvgIpc) is 2.62. The van der Waals surface area contributed by atoms with Crippen molar-refractivity contribution >= 4 is 33.2 Å². The van der Waals surface area contributed by atoms with E-state index in [1.165, 1.54) is 0 Å². The number of pyridine rings is 1. The van der Waals surface area contributed by atoms with Gasteiger partial charge in [0.05, 0.1) is 5.69 Å². The fraction of sp³-hybridized carbons (Fsp3) is 0. The Morgan fingerprint density at radius 3 is 2.67 bits per heavy atom. The second-order valence-corrected chi connectivity index (χ2v) is 4.96. The number of aromatic carboxylic acids is 1. The molecule has 0 aliphatic carbocycles. The number of halogens is 1. The molecular weight excluding hydrogens is 280 g/mol. The first-order valence-electron chi connectivity index (χ1n) is 3.98. The number of nitrogens with zero attached hydrogens (tertiary/aromatic N) is 2. The average molecular weight is 285 g/mol. The SMILES string of the molecule is O=C(O)c1sc(Br)nc1-c1ccncc1. The van der Waals surface area contributed by atoms with Gasteiger partial charge in [0.1, 0.15) is 4.88 Å². The Morgan fingerprint density at radius 1 is 1.40 bits per heavy atom. The maximum Gasteiger partial charge on any atom is 0.348 e. The molecule has 2 aromatic heterocycles. The summed E-state index contributed by atoms with van der Waals surface area (Å²) < 4.78 is 0.562. The highest BCUT2D eigenvalue weighted by molar-refractivity contribution is 9.11. The maximum absolute atomic E-state index is 10.9. The van der Waals surface area contributed by atoms with E-state index in [1.807, 2.05) is 0 Å². The van der Waals surface area contributed by atoms with Crippen LogP contribution < -0.4 is 0 Å². The van der Waals surface area contributed by atoms with E-state index in [4.69, 9.17) is 5.11 Å². The Bertz CT molecular complexity index is 498. The Kier molecular flexibility index (Phi) is 2.79. The van der Waals surface area contributed by atoms with Gasteiger partial charge in [-0.1, -0.05) is 11.3 Å². The van der Waals surface area contributed by atoms with Gasteiger partial charge in [-0.2, -0.15) is 0 Å². The highest BCUT2D eigenvalue weighted by atomic mass is 79.9. The molecule has 76 valence electrons. The molecule has 1 N–H and O–H groups in total. The lowest BCUT2D eigenvalue weighted by Crippen LogP contribution is -1.95. The summed E-state index contributed by atoms with van der Waals surface area (Å²) in [6, 6.07) is 3.46. The van der Waals surface area contributed by atoms with E-state index in [0.717, 1.165) is 16.9 Å². The fourth-order valence-corrected chi connectivity index (χ4v) is 2.46. The van der Waals surface area contributed by atoms with Crippen molar-refractivity contribution in [2.75, 3.05) is 0 Å². The van der Waals surface area contributed by atoms with E-state index < -0.39 is 5.97 Å². The molecule has 0 aliphatic heterocycles. The molecule has 0 fully saturated rings. The number of hydrogen-bond acceptors (Lipinski definition) is 4.